The molecular formula is C20H24N4O2S. The summed E-state index contributed by atoms with van der Waals surface area (Å²) in [6.07, 6.45) is 5.18. The van der Waals surface area contributed by atoms with Gasteiger partial charge in [-0.15, -0.1) is 11.8 Å². The van der Waals surface area contributed by atoms with Crippen molar-refractivity contribution in [3.8, 4) is 0 Å². The number of piperidine rings is 1. The second kappa shape index (κ2) is 10.1. The molecule has 142 valence electrons. The van der Waals surface area contributed by atoms with Crippen LogP contribution < -0.4 is 10.6 Å². The molecule has 27 heavy (non-hydrogen) atoms. The topological polar surface area (TPSA) is 74.3 Å². The number of thioether (sulfide) groups is 1. The number of para-hydroxylation sites is 1. The number of hydrogen-bond acceptors (Lipinski definition) is 5. The summed E-state index contributed by atoms with van der Waals surface area (Å²) < 4.78 is 0. The number of hydrogen-bond donors (Lipinski definition) is 2. The van der Waals surface area contributed by atoms with Gasteiger partial charge in [-0.1, -0.05) is 18.2 Å². The van der Waals surface area contributed by atoms with Crippen molar-refractivity contribution < 1.29 is 9.59 Å². The lowest BCUT2D eigenvalue weighted by atomic mass is 10.1. The third kappa shape index (κ3) is 6.69. The zero-order valence-corrected chi connectivity index (χ0v) is 16.0. The summed E-state index contributed by atoms with van der Waals surface area (Å²) in [5.41, 5.74) is 0.816. The van der Waals surface area contributed by atoms with Crippen LogP contribution >= 0.6 is 11.8 Å². The van der Waals surface area contributed by atoms with Gasteiger partial charge in [0.1, 0.15) is 0 Å². The Labute approximate surface area is 163 Å². The van der Waals surface area contributed by atoms with Gasteiger partial charge >= 0.3 is 0 Å². The van der Waals surface area contributed by atoms with Crippen LogP contribution in [-0.4, -0.2) is 53.1 Å². The maximum Gasteiger partial charge on any atom is 0.238 e. The minimum Gasteiger partial charge on any atom is -0.353 e. The van der Waals surface area contributed by atoms with Crippen molar-refractivity contribution >= 4 is 29.3 Å². The average Bonchev–Trinajstić information content (AvgIpc) is 2.69. The highest BCUT2D eigenvalue weighted by molar-refractivity contribution is 8.00. The predicted octanol–water partition coefficient (Wildman–Crippen LogP) is 2.39. The van der Waals surface area contributed by atoms with Crippen molar-refractivity contribution in [1.29, 1.82) is 0 Å². The molecule has 0 aliphatic carbocycles. The summed E-state index contributed by atoms with van der Waals surface area (Å²) in [6.45, 7) is 2.00. The Kier molecular flexibility index (Phi) is 7.24. The molecule has 1 fully saturated rings. The highest BCUT2D eigenvalue weighted by atomic mass is 32.2. The maximum absolute atomic E-state index is 12.1. The van der Waals surface area contributed by atoms with Gasteiger partial charge in [0.15, 0.2) is 0 Å². The van der Waals surface area contributed by atoms with Crippen molar-refractivity contribution in [2.24, 2.45) is 0 Å². The molecule has 0 unspecified atom stereocenters. The Hall–Kier alpha value is -2.38. The highest BCUT2D eigenvalue weighted by Gasteiger charge is 2.22. The van der Waals surface area contributed by atoms with E-state index >= 15 is 0 Å². The van der Waals surface area contributed by atoms with Gasteiger partial charge in [-0.05, 0) is 37.1 Å². The number of amides is 2. The number of pyridine rings is 1. The fourth-order valence-electron chi connectivity index (χ4n) is 3.01. The van der Waals surface area contributed by atoms with Crippen molar-refractivity contribution in [2.45, 2.75) is 23.8 Å². The van der Waals surface area contributed by atoms with Crippen molar-refractivity contribution in [2.75, 3.05) is 30.7 Å². The minimum absolute atomic E-state index is 0.00237. The van der Waals surface area contributed by atoms with Gasteiger partial charge in [0.2, 0.25) is 11.8 Å². The summed E-state index contributed by atoms with van der Waals surface area (Å²) in [7, 11) is 0. The lowest BCUT2D eigenvalue weighted by Crippen LogP contribution is -2.47. The second-order valence-electron chi connectivity index (χ2n) is 6.50. The maximum atomic E-state index is 12.1. The molecule has 0 radical (unpaired) electrons. The third-order valence-electron chi connectivity index (χ3n) is 4.40. The van der Waals surface area contributed by atoms with Crippen LogP contribution in [0.25, 0.3) is 0 Å². The monoisotopic (exact) mass is 384 g/mol. The largest absolute Gasteiger partial charge is 0.353 e. The molecule has 1 saturated heterocycles. The lowest BCUT2D eigenvalue weighted by molar-refractivity contribution is -0.120. The van der Waals surface area contributed by atoms with Crippen LogP contribution in [0.4, 0.5) is 5.69 Å². The number of benzene rings is 1. The van der Waals surface area contributed by atoms with Crippen molar-refractivity contribution in [1.82, 2.24) is 15.2 Å². The van der Waals surface area contributed by atoms with Crippen LogP contribution in [-0.2, 0) is 9.59 Å². The molecule has 0 saturated carbocycles. The van der Waals surface area contributed by atoms with Gasteiger partial charge in [0, 0.05) is 42.1 Å². The molecule has 2 N–H and O–H groups in total. The van der Waals surface area contributed by atoms with Gasteiger partial charge in [-0.25, -0.2) is 0 Å². The molecular weight excluding hydrogens is 360 g/mol. The summed E-state index contributed by atoms with van der Waals surface area (Å²) in [5.74, 6) is 0.457. The number of rotatable bonds is 7. The zero-order valence-electron chi connectivity index (χ0n) is 15.1. The molecule has 7 heteroatoms. The van der Waals surface area contributed by atoms with Crippen LogP contribution in [0.2, 0.25) is 0 Å². The molecule has 2 heterocycles. The van der Waals surface area contributed by atoms with E-state index in [2.05, 4.69) is 20.5 Å². The molecule has 1 aromatic carbocycles. The molecule has 2 amide bonds. The molecule has 3 rings (SSSR count). The summed E-state index contributed by atoms with van der Waals surface area (Å²) in [4.78, 5) is 31.4. The predicted molar refractivity (Wildman–Crippen MR) is 108 cm³/mol. The van der Waals surface area contributed by atoms with E-state index in [0.717, 1.165) is 36.5 Å². The summed E-state index contributed by atoms with van der Waals surface area (Å²) in [5, 5.41) is 6.01. The fraction of sp³-hybridized carbons (Fsp3) is 0.350. The average molecular weight is 385 g/mol. The van der Waals surface area contributed by atoms with Gasteiger partial charge in [0.05, 0.1) is 12.3 Å². The smallest absolute Gasteiger partial charge is 0.238 e. The third-order valence-corrected chi connectivity index (χ3v) is 5.41. The molecule has 1 aromatic heterocycles. The molecule has 0 atom stereocenters. The Morgan fingerprint density at radius 3 is 2.44 bits per heavy atom. The molecule has 2 aromatic rings. The number of anilines is 1. The van der Waals surface area contributed by atoms with Gasteiger partial charge in [0.25, 0.3) is 0 Å². The Morgan fingerprint density at radius 2 is 1.74 bits per heavy atom. The SMILES string of the molecule is O=C(CN1CCC(NC(=O)CSc2ccncc2)CC1)Nc1ccccc1. The van der Waals surface area contributed by atoms with Gasteiger partial charge < -0.3 is 10.6 Å². The van der Waals surface area contributed by atoms with Crippen LogP contribution in [0.15, 0.2) is 59.8 Å². The molecule has 6 nitrogen and oxygen atoms in total. The second-order valence-corrected chi connectivity index (χ2v) is 7.55. The van der Waals surface area contributed by atoms with Crippen LogP contribution in [0.1, 0.15) is 12.8 Å². The van der Waals surface area contributed by atoms with Crippen molar-refractivity contribution in [3.05, 3.63) is 54.9 Å². The zero-order chi connectivity index (χ0) is 18.9. The number of aromatic nitrogens is 1. The highest BCUT2D eigenvalue weighted by Crippen LogP contribution is 2.16. The molecule has 0 spiro atoms. The molecule has 1 aliphatic rings. The van der Waals surface area contributed by atoms with Gasteiger partial charge in [-0.2, -0.15) is 0 Å². The van der Waals surface area contributed by atoms with E-state index in [9.17, 15) is 9.59 Å². The number of likely N-dealkylation sites (tertiary alicyclic amines) is 1. The quantitative estimate of drug-likeness (QED) is 0.717. The van der Waals surface area contributed by atoms with E-state index in [0.29, 0.717) is 12.3 Å². The first kappa shape index (κ1) is 19.4. The normalized spacial score (nSPS) is 15.3. The van der Waals surface area contributed by atoms with E-state index in [1.807, 2.05) is 42.5 Å². The minimum atomic E-state index is -0.00237. The Bertz CT molecular complexity index is 734. The molecule has 1 aliphatic heterocycles. The van der Waals surface area contributed by atoms with Crippen LogP contribution in [0, 0.1) is 0 Å². The number of nitrogens with zero attached hydrogens (tertiary/aromatic N) is 2. The standard InChI is InChI=1S/C20H24N4O2S/c25-19(22-16-4-2-1-3-5-16)14-24-12-8-17(9-13-24)23-20(26)15-27-18-6-10-21-11-7-18/h1-7,10-11,17H,8-9,12-15H2,(H,22,25)(H,23,26). The summed E-state index contributed by atoms with van der Waals surface area (Å²) >= 11 is 1.51. The van der Waals surface area contributed by atoms with Gasteiger partial charge in [-0.3, -0.25) is 19.5 Å². The Morgan fingerprint density at radius 1 is 1.04 bits per heavy atom. The number of carbonyl (C=O) groups excluding carboxylic acids is 2. The fourth-order valence-corrected chi connectivity index (χ4v) is 3.71. The van der Waals surface area contributed by atoms with E-state index in [1.165, 1.54) is 11.8 Å². The van der Waals surface area contributed by atoms with Crippen molar-refractivity contribution in [3.63, 3.8) is 0 Å². The van der Waals surface area contributed by atoms with E-state index in [4.69, 9.17) is 0 Å². The Balaban J connectivity index is 1.33. The van der Waals surface area contributed by atoms with Crippen LogP contribution in [0.5, 0.6) is 0 Å². The lowest BCUT2D eigenvalue weighted by Gasteiger charge is -2.31. The first-order valence-electron chi connectivity index (χ1n) is 9.08. The van der Waals surface area contributed by atoms with E-state index in [-0.39, 0.29) is 17.9 Å². The summed E-state index contributed by atoms with van der Waals surface area (Å²) in [6, 6.07) is 13.5. The number of carbonyl (C=O) groups is 2. The van der Waals surface area contributed by atoms with E-state index < -0.39 is 0 Å². The number of nitrogens with one attached hydrogen (secondary N) is 2. The first-order valence-corrected chi connectivity index (χ1v) is 10.1. The first-order chi connectivity index (χ1) is 13.2. The molecule has 0 bridgehead atoms. The van der Waals surface area contributed by atoms with E-state index in [1.54, 1.807) is 12.4 Å². The van der Waals surface area contributed by atoms with Crippen LogP contribution in [0.3, 0.4) is 0 Å².